The second-order valence-electron chi connectivity index (χ2n) is 6.92. The smallest absolute Gasteiger partial charge is 0.336 e. The molecule has 2 aliphatic rings. The van der Waals surface area contributed by atoms with Gasteiger partial charge in [0.2, 0.25) is 5.91 Å². The molecule has 1 aromatic heterocycles. The van der Waals surface area contributed by atoms with E-state index in [-0.39, 0.29) is 29.6 Å². The summed E-state index contributed by atoms with van der Waals surface area (Å²) in [5, 5.41) is 10.0. The molecule has 2 aromatic rings. The van der Waals surface area contributed by atoms with Crippen LogP contribution in [0.25, 0.3) is 11.0 Å². The molecule has 4 rings (SSSR count). The number of carbonyl (C=O) groups is 2. The van der Waals surface area contributed by atoms with Crippen LogP contribution < -0.4 is 21.6 Å². The fourth-order valence-electron chi connectivity index (χ4n) is 3.65. The number of fused-ring (bicyclic) bond motifs is 2. The maximum absolute atomic E-state index is 12.2. The number of urea groups is 1. The van der Waals surface area contributed by atoms with E-state index in [1.807, 2.05) is 11.8 Å². The summed E-state index contributed by atoms with van der Waals surface area (Å²) < 4.78 is 5.09. The van der Waals surface area contributed by atoms with Crippen LogP contribution in [0.2, 0.25) is 0 Å². The fourth-order valence-corrected chi connectivity index (χ4v) is 5.19. The first-order valence-electron chi connectivity index (χ1n) is 9.11. The van der Waals surface area contributed by atoms with Crippen LogP contribution in [0.5, 0.6) is 0 Å². The number of rotatable bonds is 6. The molecule has 3 N–H and O–H groups in total. The van der Waals surface area contributed by atoms with Gasteiger partial charge in [0, 0.05) is 34.6 Å². The van der Waals surface area contributed by atoms with Crippen molar-refractivity contribution < 1.29 is 14.0 Å². The van der Waals surface area contributed by atoms with Gasteiger partial charge in [0.1, 0.15) is 5.58 Å². The van der Waals surface area contributed by atoms with Gasteiger partial charge >= 0.3 is 11.7 Å². The summed E-state index contributed by atoms with van der Waals surface area (Å²) in [6, 6.07) is 8.65. The summed E-state index contributed by atoms with van der Waals surface area (Å²) in [4.78, 5) is 34.8. The van der Waals surface area contributed by atoms with Crippen LogP contribution >= 0.6 is 11.8 Å². The van der Waals surface area contributed by atoms with E-state index in [2.05, 4.69) is 16.0 Å². The predicted molar refractivity (Wildman–Crippen MR) is 105 cm³/mol. The number of unbranched alkanes of at least 4 members (excludes halogenated alkanes) is 1. The summed E-state index contributed by atoms with van der Waals surface area (Å²) in [7, 11) is 0. The summed E-state index contributed by atoms with van der Waals surface area (Å²) in [5.74, 6) is 0.927. The Kier molecular flexibility index (Phi) is 5.07. The molecule has 2 fully saturated rings. The molecule has 7 nitrogen and oxygen atoms in total. The van der Waals surface area contributed by atoms with Gasteiger partial charge < -0.3 is 20.4 Å². The van der Waals surface area contributed by atoms with Crippen LogP contribution in [0.1, 0.15) is 25.7 Å². The molecule has 27 heavy (non-hydrogen) atoms. The molecule has 1 aromatic carbocycles. The van der Waals surface area contributed by atoms with E-state index in [9.17, 15) is 14.4 Å². The number of amides is 3. The first-order chi connectivity index (χ1) is 13.1. The van der Waals surface area contributed by atoms with Gasteiger partial charge in [-0.3, -0.25) is 4.79 Å². The molecule has 3 atom stereocenters. The molecule has 0 bridgehead atoms. The highest BCUT2D eigenvalue weighted by Crippen LogP contribution is 2.33. The van der Waals surface area contributed by atoms with Crippen LogP contribution in [-0.2, 0) is 4.79 Å². The van der Waals surface area contributed by atoms with Crippen molar-refractivity contribution in [3.63, 3.8) is 0 Å². The van der Waals surface area contributed by atoms with Gasteiger partial charge in [-0.2, -0.15) is 11.8 Å². The van der Waals surface area contributed by atoms with Crippen molar-refractivity contribution in [3.05, 3.63) is 40.8 Å². The summed E-state index contributed by atoms with van der Waals surface area (Å²) >= 11 is 1.89. The predicted octanol–water partition coefficient (Wildman–Crippen LogP) is 2.46. The molecule has 0 radical (unpaired) electrons. The van der Waals surface area contributed by atoms with Crippen molar-refractivity contribution >= 4 is 40.4 Å². The third-order valence-corrected chi connectivity index (χ3v) is 6.49. The Morgan fingerprint density at radius 3 is 2.96 bits per heavy atom. The number of hydrogen-bond donors (Lipinski definition) is 3. The Bertz CT molecular complexity index is 929. The maximum atomic E-state index is 12.2. The molecule has 3 heterocycles. The monoisotopic (exact) mass is 387 g/mol. The van der Waals surface area contributed by atoms with Crippen LogP contribution in [0.15, 0.2) is 39.5 Å². The summed E-state index contributed by atoms with van der Waals surface area (Å²) in [5.41, 5.74) is 0.802. The van der Waals surface area contributed by atoms with E-state index in [4.69, 9.17) is 4.42 Å². The molecule has 8 heteroatoms. The lowest BCUT2D eigenvalue weighted by Crippen LogP contribution is -2.36. The quantitative estimate of drug-likeness (QED) is 0.402. The maximum Gasteiger partial charge on any atom is 0.336 e. The lowest BCUT2D eigenvalue weighted by atomic mass is 10.0. The Labute approximate surface area is 160 Å². The van der Waals surface area contributed by atoms with Gasteiger partial charge in [0.05, 0.1) is 12.1 Å². The topological polar surface area (TPSA) is 100 Å². The largest absolute Gasteiger partial charge is 0.423 e. The molecular weight excluding hydrogens is 366 g/mol. The lowest BCUT2D eigenvalue weighted by molar-refractivity contribution is -0.116. The van der Waals surface area contributed by atoms with Crippen LogP contribution in [-0.4, -0.2) is 35.0 Å². The molecule has 3 amide bonds. The average molecular weight is 387 g/mol. The minimum atomic E-state index is -0.390. The van der Waals surface area contributed by atoms with Gasteiger partial charge in [0.15, 0.2) is 0 Å². The van der Waals surface area contributed by atoms with E-state index >= 15 is 0 Å². The lowest BCUT2D eigenvalue weighted by Gasteiger charge is -2.16. The minimum absolute atomic E-state index is 0.0282. The minimum Gasteiger partial charge on any atom is -0.423 e. The van der Waals surface area contributed by atoms with E-state index in [1.165, 1.54) is 6.07 Å². The van der Waals surface area contributed by atoms with Crippen molar-refractivity contribution in [2.45, 2.75) is 43.0 Å². The van der Waals surface area contributed by atoms with E-state index < -0.39 is 0 Å². The Balaban J connectivity index is 1.22. The normalized spacial score (nSPS) is 23.7. The first kappa shape index (κ1) is 17.9. The van der Waals surface area contributed by atoms with Gasteiger partial charge in [-0.05, 0) is 37.1 Å². The number of carbonyl (C=O) groups excluding carboxylic acids is 2. The number of nitrogens with one attached hydrogen (secondary N) is 3. The number of anilines is 1. The van der Waals surface area contributed by atoms with E-state index in [1.54, 1.807) is 24.3 Å². The zero-order valence-electron chi connectivity index (χ0n) is 14.7. The van der Waals surface area contributed by atoms with E-state index in [0.29, 0.717) is 22.9 Å². The number of benzene rings is 1. The standard InChI is InChI=1S/C19H21N3O4S/c23-16(20-12-6-7-14-11(9-12)5-8-17(24)26-14)4-2-1-3-15-18-13(10-27-15)21-19(25)22-18/h5-9,13,15,18H,1-4,10H2,(H,20,23)(H2,21,22,25)/t13-,15-,18-/m0/s1. The molecule has 0 saturated carbocycles. The molecule has 142 valence electrons. The van der Waals surface area contributed by atoms with Crippen LogP contribution in [0.3, 0.4) is 0 Å². The van der Waals surface area contributed by atoms with Crippen LogP contribution in [0, 0.1) is 0 Å². The van der Waals surface area contributed by atoms with Crippen LogP contribution in [0.4, 0.5) is 10.5 Å². The Hall–Kier alpha value is -2.48. The van der Waals surface area contributed by atoms with Crippen molar-refractivity contribution in [3.8, 4) is 0 Å². The fraction of sp³-hybridized carbons (Fsp3) is 0.421. The second kappa shape index (κ2) is 7.64. The molecule has 0 unspecified atom stereocenters. The molecule has 2 aliphatic heterocycles. The zero-order chi connectivity index (χ0) is 18.8. The summed E-state index contributed by atoms with van der Waals surface area (Å²) in [6.45, 7) is 0. The number of thioether (sulfide) groups is 1. The molecule has 0 spiro atoms. The molecular formula is C19H21N3O4S. The van der Waals surface area contributed by atoms with E-state index in [0.717, 1.165) is 30.4 Å². The molecule has 0 aliphatic carbocycles. The van der Waals surface area contributed by atoms with Gasteiger partial charge in [0.25, 0.3) is 0 Å². The Morgan fingerprint density at radius 1 is 1.19 bits per heavy atom. The zero-order valence-corrected chi connectivity index (χ0v) is 15.5. The highest BCUT2D eigenvalue weighted by atomic mass is 32.2. The van der Waals surface area contributed by atoms with Gasteiger partial charge in [-0.15, -0.1) is 0 Å². The summed E-state index contributed by atoms with van der Waals surface area (Å²) in [6.07, 6.45) is 3.21. The third kappa shape index (κ3) is 4.10. The second-order valence-corrected chi connectivity index (χ2v) is 8.20. The highest BCUT2D eigenvalue weighted by molar-refractivity contribution is 8.00. The SMILES string of the molecule is O=C(CCCC[C@@H]1SC[C@@H]2NC(=O)N[C@@H]21)Nc1ccc2oc(=O)ccc2c1. The Morgan fingerprint density at radius 2 is 2.07 bits per heavy atom. The van der Waals surface area contributed by atoms with Gasteiger partial charge in [-0.25, -0.2) is 9.59 Å². The van der Waals surface area contributed by atoms with Crippen molar-refractivity contribution in [1.29, 1.82) is 0 Å². The van der Waals surface area contributed by atoms with Crippen molar-refractivity contribution in [2.24, 2.45) is 0 Å². The van der Waals surface area contributed by atoms with Crippen molar-refractivity contribution in [1.82, 2.24) is 10.6 Å². The average Bonchev–Trinajstić information content (AvgIpc) is 3.18. The molecule has 2 saturated heterocycles. The third-order valence-electron chi connectivity index (χ3n) is 4.98. The van der Waals surface area contributed by atoms with Crippen molar-refractivity contribution in [2.75, 3.05) is 11.1 Å². The number of hydrogen-bond acceptors (Lipinski definition) is 5. The van der Waals surface area contributed by atoms with Gasteiger partial charge in [-0.1, -0.05) is 6.42 Å². The first-order valence-corrected chi connectivity index (χ1v) is 10.2. The highest BCUT2D eigenvalue weighted by Gasteiger charge is 2.42.